The Balaban J connectivity index is 1.66. The summed E-state index contributed by atoms with van der Waals surface area (Å²) in [4.78, 5) is 15.5. The topological polar surface area (TPSA) is 29.5 Å². The molecule has 27 heavy (non-hydrogen) atoms. The molecule has 0 saturated heterocycles. The van der Waals surface area contributed by atoms with Crippen molar-refractivity contribution in [2.75, 3.05) is 13.7 Å². The molecule has 0 N–H and O–H groups in total. The minimum atomic E-state index is -0.278. The number of methoxy groups -OCH3 is 1. The molecule has 0 bridgehead atoms. The van der Waals surface area contributed by atoms with Crippen molar-refractivity contribution < 1.29 is 9.53 Å². The lowest BCUT2D eigenvalue weighted by atomic mass is 9.89. The van der Waals surface area contributed by atoms with Crippen molar-refractivity contribution in [3.8, 4) is 5.75 Å². The molecule has 0 aliphatic carbocycles. The molecular formula is C24H23NO2. The average Bonchev–Trinajstić information content (AvgIpc) is 2.74. The maximum absolute atomic E-state index is 13.6. The lowest BCUT2D eigenvalue weighted by Gasteiger charge is -2.32. The van der Waals surface area contributed by atoms with Crippen LogP contribution in [0.1, 0.15) is 28.2 Å². The largest absolute Gasteiger partial charge is 0.497 e. The molecule has 4 rings (SSSR count). The molecule has 1 aliphatic heterocycles. The van der Waals surface area contributed by atoms with E-state index in [4.69, 9.17) is 4.74 Å². The van der Waals surface area contributed by atoms with Gasteiger partial charge in [0.05, 0.1) is 13.0 Å². The maximum Gasteiger partial charge on any atom is 0.234 e. The molecule has 0 spiro atoms. The maximum atomic E-state index is 13.6. The lowest BCUT2D eigenvalue weighted by Crippen LogP contribution is -2.39. The third-order valence-electron chi connectivity index (χ3n) is 5.25. The van der Waals surface area contributed by atoms with Gasteiger partial charge in [-0.1, -0.05) is 66.7 Å². The molecule has 1 amide bonds. The number of carbonyl (C=O) groups excluding carboxylic acids is 1. The molecule has 3 aromatic rings. The number of hydrogen-bond donors (Lipinski definition) is 0. The summed E-state index contributed by atoms with van der Waals surface area (Å²) in [7, 11) is 1.67. The monoisotopic (exact) mass is 357 g/mol. The van der Waals surface area contributed by atoms with Crippen LogP contribution in [0.5, 0.6) is 5.75 Å². The van der Waals surface area contributed by atoms with Gasteiger partial charge in [-0.15, -0.1) is 0 Å². The predicted octanol–water partition coefficient (Wildman–Crippen LogP) is 4.41. The number of benzene rings is 3. The van der Waals surface area contributed by atoms with Crippen molar-refractivity contribution in [2.45, 2.75) is 18.9 Å². The van der Waals surface area contributed by atoms with Gasteiger partial charge in [-0.2, -0.15) is 0 Å². The molecule has 136 valence electrons. The average molecular weight is 357 g/mol. The lowest BCUT2D eigenvalue weighted by molar-refractivity contribution is -0.132. The van der Waals surface area contributed by atoms with E-state index < -0.39 is 0 Å². The molecule has 3 aromatic carbocycles. The molecule has 0 radical (unpaired) electrons. The van der Waals surface area contributed by atoms with E-state index in [1.165, 1.54) is 11.1 Å². The van der Waals surface area contributed by atoms with E-state index in [1.807, 2.05) is 71.6 Å². The van der Waals surface area contributed by atoms with Crippen LogP contribution in [0.2, 0.25) is 0 Å². The van der Waals surface area contributed by atoms with Crippen molar-refractivity contribution in [1.29, 1.82) is 0 Å². The smallest absolute Gasteiger partial charge is 0.234 e. The standard InChI is InChI=1S/C24H23NO2/c1-27-22-13-12-18-14-15-25(17-21(18)16-22)24(26)23(19-8-4-2-5-9-19)20-10-6-3-7-11-20/h2-13,16,23H,14-15,17H2,1H3. The van der Waals surface area contributed by atoms with E-state index in [2.05, 4.69) is 12.1 Å². The van der Waals surface area contributed by atoms with Gasteiger partial charge in [0.15, 0.2) is 0 Å². The first-order chi connectivity index (χ1) is 13.3. The number of carbonyl (C=O) groups is 1. The van der Waals surface area contributed by atoms with Crippen molar-refractivity contribution in [2.24, 2.45) is 0 Å². The van der Waals surface area contributed by atoms with Gasteiger partial charge in [0.25, 0.3) is 0 Å². The molecule has 3 nitrogen and oxygen atoms in total. The first-order valence-electron chi connectivity index (χ1n) is 9.31. The van der Waals surface area contributed by atoms with E-state index >= 15 is 0 Å². The summed E-state index contributed by atoms with van der Waals surface area (Å²) < 4.78 is 5.36. The SMILES string of the molecule is COc1ccc2c(c1)CN(C(=O)C(c1ccccc1)c1ccccc1)CC2. The fraction of sp³-hybridized carbons (Fsp3) is 0.208. The van der Waals surface area contributed by atoms with Crippen LogP contribution in [0.3, 0.4) is 0 Å². The van der Waals surface area contributed by atoms with Crippen LogP contribution in [0, 0.1) is 0 Å². The Bertz CT molecular complexity index is 882. The number of hydrogen-bond acceptors (Lipinski definition) is 2. The molecule has 0 atom stereocenters. The van der Waals surface area contributed by atoms with Gasteiger partial charge in [-0.25, -0.2) is 0 Å². The highest BCUT2D eigenvalue weighted by Crippen LogP contribution is 2.30. The highest BCUT2D eigenvalue weighted by molar-refractivity contribution is 5.87. The van der Waals surface area contributed by atoms with Crippen LogP contribution >= 0.6 is 0 Å². The summed E-state index contributed by atoms with van der Waals surface area (Å²) >= 11 is 0. The van der Waals surface area contributed by atoms with E-state index in [-0.39, 0.29) is 11.8 Å². The number of ether oxygens (including phenoxy) is 1. The number of fused-ring (bicyclic) bond motifs is 1. The highest BCUT2D eigenvalue weighted by Gasteiger charge is 2.29. The summed E-state index contributed by atoms with van der Waals surface area (Å²) in [6.07, 6.45) is 0.876. The molecule has 1 heterocycles. The Morgan fingerprint density at radius 2 is 1.52 bits per heavy atom. The fourth-order valence-electron chi connectivity index (χ4n) is 3.80. The van der Waals surface area contributed by atoms with Crippen LogP contribution in [0.15, 0.2) is 78.9 Å². The van der Waals surface area contributed by atoms with Crippen molar-refractivity contribution in [3.63, 3.8) is 0 Å². The third-order valence-corrected chi connectivity index (χ3v) is 5.25. The highest BCUT2D eigenvalue weighted by atomic mass is 16.5. The van der Waals surface area contributed by atoms with E-state index in [0.717, 1.165) is 29.8 Å². The Morgan fingerprint density at radius 3 is 2.11 bits per heavy atom. The molecule has 0 saturated carbocycles. The van der Waals surface area contributed by atoms with Gasteiger partial charge in [-0.05, 0) is 40.8 Å². The zero-order chi connectivity index (χ0) is 18.6. The molecule has 0 unspecified atom stereocenters. The van der Waals surface area contributed by atoms with Crippen LogP contribution in [0.25, 0.3) is 0 Å². The normalized spacial score (nSPS) is 13.3. The second kappa shape index (κ2) is 7.67. The van der Waals surface area contributed by atoms with Gasteiger partial charge in [-0.3, -0.25) is 4.79 Å². The van der Waals surface area contributed by atoms with Gasteiger partial charge in [0.2, 0.25) is 5.91 Å². The minimum absolute atomic E-state index is 0.154. The summed E-state index contributed by atoms with van der Waals surface area (Å²) in [6.45, 7) is 1.37. The van der Waals surface area contributed by atoms with Crippen molar-refractivity contribution in [1.82, 2.24) is 4.90 Å². The van der Waals surface area contributed by atoms with Crippen LogP contribution in [-0.4, -0.2) is 24.5 Å². The van der Waals surface area contributed by atoms with Gasteiger partial charge >= 0.3 is 0 Å². The summed E-state index contributed by atoms with van der Waals surface area (Å²) in [5.74, 6) is 0.714. The number of nitrogens with zero attached hydrogens (tertiary/aromatic N) is 1. The molecular weight excluding hydrogens is 334 g/mol. The number of amides is 1. The van der Waals surface area contributed by atoms with E-state index in [0.29, 0.717) is 6.54 Å². The Morgan fingerprint density at radius 1 is 0.889 bits per heavy atom. The summed E-state index contributed by atoms with van der Waals surface area (Å²) in [5, 5.41) is 0. The first-order valence-corrected chi connectivity index (χ1v) is 9.31. The third kappa shape index (κ3) is 3.59. The van der Waals surface area contributed by atoms with Crippen LogP contribution < -0.4 is 4.74 Å². The summed E-state index contributed by atoms with van der Waals surface area (Å²) in [6, 6.07) is 26.3. The molecule has 3 heteroatoms. The quantitative estimate of drug-likeness (QED) is 0.692. The second-order valence-electron chi connectivity index (χ2n) is 6.90. The Kier molecular flexibility index (Phi) is 4.93. The number of rotatable bonds is 4. The van der Waals surface area contributed by atoms with Crippen molar-refractivity contribution >= 4 is 5.91 Å². The molecule has 1 aliphatic rings. The minimum Gasteiger partial charge on any atom is -0.497 e. The van der Waals surface area contributed by atoms with Gasteiger partial charge < -0.3 is 9.64 Å². The van der Waals surface area contributed by atoms with Crippen molar-refractivity contribution in [3.05, 3.63) is 101 Å². The Hall–Kier alpha value is -3.07. The fourth-order valence-corrected chi connectivity index (χ4v) is 3.80. The van der Waals surface area contributed by atoms with E-state index in [1.54, 1.807) is 7.11 Å². The molecule has 0 fully saturated rings. The van der Waals surface area contributed by atoms with Crippen LogP contribution in [-0.2, 0) is 17.8 Å². The van der Waals surface area contributed by atoms with Gasteiger partial charge in [0, 0.05) is 13.1 Å². The Labute approximate surface area is 160 Å². The zero-order valence-electron chi connectivity index (χ0n) is 15.5. The first kappa shape index (κ1) is 17.3. The summed E-state index contributed by atoms with van der Waals surface area (Å²) in [5.41, 5.74) is 4.54. The second-order valence-corrected chi connectivity index (χ2v) is 6.90. The van der Waals surface area contributed by atoms with Crippen LogP contribution in [0.4, 0.5) is 0 Å². The predicted molar refractivity (Wildman–Crippen MR) is 107 cm³/mol. The van der Waals surface area contributed by atoms with E-state index in [9.17, 15) is 4.79 Å². The zero-order valence-corrected chi connectivity index (χ0v) is 15.5. The molecule has 0 aromatic heterocycles. The van der Waals surface area contributed by atoms with Gasteiger partial charge in [0.1, 0.15) is 5.75 Å².